The molecule has 1 aromatic rings. The minimum absolute atomic E-state index is 0.125. The summed E-state index contributed by atoms with van der Waals surface area (Å²) in [6.07, 6.45) is 10.1. The average molecular weight is 406 g/mol. The highest BCUT2D eigenvalue weighted by molar-refractivity contribution is 5.74. The van der Waals surface area contributed by atoms with Crippen LogP contribution in [0.1, 0.15) is 83.9 Å². The van der Waals surface area contributed by atoms with Crippen molar-refractivity contribution >= 4 is 6.03 Å². The van der Waals surface area contributed by atoms with E-state index >= 15 is 0 Å². The van der Waals surface area contributed by atoms with E-state index in [4.69, 9.17) is 4.52 Å². The molecule has 0 radical (unpaired) electrons. The van der Waals surface area contributed by atoms with Gasteiger partial charge in [0.1, 0.15) is 0 Å². The van der Waals surface area contributed by atoms with Crippen LogP contribution in [-0.2, 0) is 13.0 Å². The molecular formula is C22H39N5O2. The van der Waals surface area contributed by atoms with Gasteiger partial charge in [-0.1, -0.05) is 31.3 Å². The number of aromatic nitrogens is 2. The molecule has 2 amide bonds. The molecule has 2 aliphatic heterocycles. The summed E-state index contributed by atoms with van der Waals surface area (Å²) in [5.41, 5.74) is 0. The molecule has 1 atom stereocenters. The van der Waals surface area contributed by atoms with Crippen LogP contribution in [0.2, 0.25) is 0 Å². The van der Waals surface area contributed by atoms with Gasteiger partial charge in [-0.2, -0.15) is 4.98 Å². The van der Waals surface area contributed by atoms with Gasteiger partial charge >= 0.3 is 6.03 Å². The molecule has 7 nitrogen and oxygen atoms in total. The van der Waals surface area contributed by atoms with Crippen molar-refractivity contribution in [1.82, 2.24) is 25.3 Å². The molecule has 7 heteroatoms. The summed E-state index contributed by atoms with van der Waals surface area (Å²) in [5, 5.41) is 7.22. The fourth-order valence-electron chi connectivity index (χ4n) is 4.68. The van der Waals surface area contributed by atoms with E-state index in [0.29, 0.717) is 12.0 Å². The number of nitrogens with one attached hydrogen (secondary N) is 1. The second-order valence-corrected chi connectivity index (χ2v) is 9.04. The lowest BCUT2D eigenvalue weighted by atomic mass is 9.86. The molecule has 0 spiro atoms. The average Bonchev–Trinajstić information content (AvgIpc) is 2.99. The molecule has 2 aliphatic rings. The predicted octanol–water partition coefficient (Wildman–Crippen LogP) is 3.99. The van der Waals surface area contributed by atoms with Gasteiger partial charge in [-0.3, -0.25) is 4.90 Å². The molecule has 1 unspecified atom stereocenters. The number of aryl methyl sites for hydroxylation is 1. The Morgan fingerprint density at radius 3 is 2.69 bits per heavy atom. The van der Waals surface area contributed by atoms with Gasteiger partial charge < -0.3 is 14.7 Å². The van der Waals surface area contributed by atoms with E-state index in [9.17, 15) is 4.79 Å². The number of rotatable bonds is 7. The molecule has 0 aliphatic carbocycles. The first-order valence-electron chi connectivity index (χ1n) is 11.7. The van der Waals surface area contributed by atoms with Crippen molar-refractivity contribution < 1.29 is 9.32 Å². The van der Waals surface area contributed by atoms with Crippen molar-refractivity contribution in [2.75, 3.05) is 19.6 Å². The first-order valence-corrected chi connectivity index (χ1v) is 11.7. The standard InChI is InChI=1S/C22H39N5O2/c1-4-5-10-20-24-21(29-25-20)16-26-14-11-18(12-15-26)19-9-7-6-8-13-27(19)22(28)23-17(2)3/h17-19H,4-16H2,1-3H3,(H,23,28). The molecule has 164 valence electrons. The number of likely N-dealkylation sites (tertiary alicyclic amines) is 2. The van der Waals surface area contributed by atoms with Crippen molar-refractivity contribution in [2.24, 2.45) is 5.92 Å². The number of hydrogen-bond donors (Lipinski definition) is 1. The van der Waals surface area contributed by atoms with Gasteiger partial charge in [0.25, 0.3) is 0 Å². The molecule has 3 rings (SSSR count). The van der Waals surface area contributed by atoms with Gasteiger partial charge in [0.05, 0.1) is 6.54 Å². The second-order valence-electron chi connectivity index (χ2n) is 9.04. The molecule has 29 heavy (non-hydrogen) atoms. The first kappa shape index (κ1) is 22.1. The van der Waals surface area contributed by atoms with Crippen LogP contribution in [0.25, 0.3) is 0 Å². The van der Waals surface area contributed by atoms with Gasteiger partial charge in [0.15, 0.2) is 5.82 Å². The Hall–Kier alpha value is -1.63. The third kappa shape index (κ3) is 6.43. The zero-order chi connectivity index (χ0) is 20.6. The quantitative estimate of drug-likeness (QED) is 0.742. The van der Waals surface area contributed by atoms with E-state index in [1.54, 1.807) is 0 Å². The number of carbonyl (C=O) groups is 1. The molecular weight excluding hydrogens is 366 g/mol. The minimum atomic E-state index is 0.125. The molecule has 2 saturated heterocycles. The van der Waals surface area contributed by atoms with Crippen LogP contribution in [0.4, 0.5) is 4.79 Å². The van der Waals surface area contributed by atoms with Crippen molar-refractivity contribution in [3.05, 3.63) is 11.7 Å². The van der Waals surface area contributed by atoms with Crippen LogP contribution in [-0.4, -0.2) is 57.7 Å². The maximum absolute atomic E-state index is 12.8. The number of nitrogens with zero attached hydrogens (tertiary/aromatic N) is 4. The summed E-state index contributed by atoms with van der Waals surface area (Å²) < 4.78 is 5.45. The van der Waals surface area contributed by atoms with E-state index in [2.05, 4.69) is 32.2 Å². The van der Waals surface area contributed by atoms with Crippen molar-refractivity contribution in [3.63, 3.8) is 0 Å². The normalized spacial score (nSPS) is 22.1. The molecule has 0 bridgehead atoms. The number of hydrogen-bond acceptors (Lipinski definition) is 5. The summed E-state index contributed by atoms with van der Waals surface area (Å²) in [6.45, 7) is 9.96. The van der Waals surface area contributed by atoms with Gasteiger partial charge in [0, 0.05) is 25.0 Å². The molecule has 3 heterocycles. The minimum Gasteiger partial charge on any atom is -0.338 e. The highest BCUT2D eigenvalue weighted by Crippen LogP contribution is 2.30. The Kier molecular flexibility index (Phi) is 8.33. The monoisotopic (exact) mass is 405 g/mol. The summed E-state index contributed by atoms with van der Waals surface area (Å²) in [7, 11) is 0. The van der Waals surface area contributed by atoms with Crippen LogP contribution in [0.5, 0.6) is 0 Å². The van der Waals surface area contributed by atoms with Crippen LogP contribution in [0.3, 0.4) is 0 Å². The lowest BCUT2D eigenvalue weighted by molar-refractivity contribution is 0.0927. The number of urea groups is 1. The molecule has 2 fully saturated rings. The number of amides is 2. The van der Waals surface area contributed by atoms with Crippen LogP contribution < -0.4 is 5.32 Å². The highest BCUT2D eigenvalue weighted by atomic mass is 16.5. The Balaban J connectivity index is 1.52. The molecule has 0 saturated carbocycles. The summed E-state index contributed by atoms with van der Waals surface area (Å²) in [4.78, 5) is 21.9. The molecule has 1 N–H and O–H groups in total. The van der Waals surface area contributed by atoms with Crippen molar-refractivity contribution in [3.8, 4) is 0 Å². The molecule has 0 aromatic carbocycles. The van der Waals surface area contributed by atoms with E-state index in [-0.39, 0.29) is 12.1 Å². The number of piperidine rings is 1. The first-order chi connectivity index (χ1) is 14.1. The number of carbonyl (C=O) groups excluding carboxylic acids is 1. The van der Waals surface area contributed by atoms with E-state index in [1.807, 2.05) is 13.8 Å². The lowest BCUT2D eigenvalue weighted by Crippen LogP contribution is -2.52. The Morgan fingerprint density at radius 2 is 1.97 bits per heavy atom. The Labute approximate surface area is 175 Å². The maximum atomic E-state index is 12.8. The summed E-state index contributed by atoms with van der Waals surface area (Å²) in [5.74, 6) is 2.16. The van der Waals surface area contributed by atoms with Crippen LogP contribution in [0, 0.1) is 5.92 Å². The number of unbranched alkanes of at least 4 members (excludes halogenated alkanes) is 1. The fourth-order valence-corrected chi connectivity index (χ4v) is 4.68. The van der Waals surface area contributed by atoms with Gasteiger partial charge in [0.2, 0.25) is 5.89 Å². The summed E-state index contributed by atoms with van der Waals surface area (Å²) in [6, 6.07) is 0.687. The van der Waals surface area contributed by atoms with E-state index in [1.165, 1.54) is 12.8 Å². The van der Waals surface area contributed by atoms with Crippen LogP contribution >= 0.6 is 0 Å². The highest BCUT2D eigenvalue weighted by Gasteiger charge is 2.34. The Bertz CT molecular complexity index is 624. The zero-order valence-electron chi connectivity index (χ0n) is 18.5. The third-order valence-electron chi connectivity index (χ3n) is 6.27. The zero-order valence-corrected chi connectivity index (χ0v) is 18.5. The SMILES string of the molecule is CCCCc1noc(CN2CCC(C3CCCCCN3C(=O)NC(C)C)CC2)n1. The fraction of sp³-hybridized carbons (Fsp3) is 0.864. The largest absolute Gasteiger partial charge is 0.338 e. The third-order valence-corrected chi connectivity index (χ3v) is 6.27. The molecule has 1 aromatic heterocycles. The van der Waals surface area contributed by atoms with E-state index in [0.717, 1.165) is 82.8 Å². The smallest absolute Gasteiger partial charge is 0.317 e. The predicted molar refractivity (Wildman–Crippen MR) is 114 cm³/mol. The van der Waals surface area contributed by atoms with Crippen LogP contribution in [0.15, 0.2) is 4.52 Å². The van der Waals surface area contributed by atoms with Crippen molar-refractivity contribution in [2.45, 2.75) is 97.2 Å². The topological polar surface area (TPSA) is 74.5 Å². The van der Waals surface area contributed by atoms with Gasteiger partial charge in [-0.15, -0.1) is 0 Å². The Morgan fingerprint density at radius 1 is 1.17 bits per heavy atom. The van der Waals surface area contributed by atoms with E-state index < -0.39 is 0 Å². The van der Waals surface area contributed by atoms with Gasteiger partial charge in [-0.25, -0.2) is 4.79 Å². The second kappa shape index (κ2) is 11.0. The van der Waals surface area contributed by atoms with Gasteiger partial charge in [-0.05, 0) is 65.0 Å². The van der Waals surface area contributed by atoms with Crippen molar-refractivity contribution in [1.29, 1.82) is 0 Å². The lowest BCUT2D eigenvalue weighted by Gasteiger charge is -2.40. The summed E-state index contributed by atoms with van der Waals surface area (Å²) >= 11 is 0. The maximum Gasteiger partial charge on any atom is 0.317 e.